The van der Waals surface area contributed by atoms with Crippen molar-refractivity contribution >= 4 is 33.2 Å². The summed E-state index contributed by atoms with van der Waals surface area (Å²) >= 11 is 0. The summed E-state index contributed by atoms with van der Waals surface area (Å²) in [6.07, 6.45) is 11.2. The molecule has 2 aromatic carbocycles. The third kappa shape index (κ3) is 9.07. The number of carbonyl (C=O) groups is 3. The zero-order valence-corrected chi connectivity index (χ0v) is 27.8. The Hall–Kier alpha value is -3.44. The fourth-order valence-corrected chi connectivity index (χ4v) is 7.31. The van der Waals surface area contributed by atoms with E-state index in [0.717, 1.165) is 55.0 Å². The third-order valence-corrected chi connectivity index (χ3v) is 9.49. The van der Waals surface area contributed by atoms with Crippen LogP contribution in [0.3, 0.4) is 0 Å². The molecule has 2 aliphatic heterocycles. The number of piperidine rings is 1. The van der Waals surface area contributed by atoms with Crippen LogP contribution in [0.15, 0.2) is 30.3 Å². The average molecular weight is 642 g/mol. The standard InChI is InChI=1S/C34H47N3O7S/c1-5-44-31-21-26(13-14-30(31)43-3)29(22-45(4,41)42)37-33(39)27-19-25(20-28(36-23(2)38)32(27)34(37)40)12-10-8-6-7-9-11-24-15-17-35-18-16-24/h13-14,19-21,24,29,35H,5-12,15-18,22H2,1-4H3,(H,36,38). The Morgan fingerprint density at radius 3 is 2.40 bits per heavy atom. The highest BCUT2D eigenvalue weighted by Crippen LogP contribution is 2.39. The number of fused-ring (bicyclic) bond motifs is 1. The summed E-state index contributed by atoms with van der Waals surface area (Å²) in [5.74, 6) is -0.425. The van der Waals surface area contributed by atoms with Gasteiger partial charge >= 0.3 is 0 Å². The molecule has 11 heteroatoms. The van der Waals surface area contributed by atoms with Crippen LogP contribution in [-0.2, 0) is 21.1 Å². The molecule has 10 nitrogen and oxygen atoms in total. The molecule has 1 saturated heterocycles. The number of nitrogens with one attached hydrogen (secondary N) is 2. The summed E-state index contributed by atoms with van der Waals surface area (Å²) in [6.45, 7) is 5.76. The van der Waals surface area contributed by atoms with Gasteiger partial charge in [-0.15, -0.1) is 0 Å². The number of amides is 3. The van der Waals surface area contributed by atoms with E-state index in [9.17, 15) is 22.8 Å². The molecular weight excluding hydrogens is 594 g/mol. The lowest BCUT2D eigenvalue weighted by atomic mass is 9.92. The molecule has 0 saturated carbocycles. The first kappa shape index (κ1) is 34.4. The van der Waals surface area contributed by atoms with Gasteiger partial charge in [0, 0.05) is 13.2 Å². The van der Waals surface area contributed by atoms with Crippen LogP contribution in [0.1, 0.15) is 103 Å². The highest BCUT2D eigenvalue weighted by molar-refractivity contribution is 7.90. The lowest BCUT2D eigenvalue weighted by Crippen LogP contribution is -2.37. The molecule has 1 fully saturated rings. The number of nitrogens with zero attached hydrogens (tertiary/aromatic N) is 1. The van der Waals surface area contributed by atoms with Crippen LogP contribution in [0.5, 0.6) is 11.5 Å². The molecule has 3 amide bonds. The second-order valence-corrected chi connectivity index (χ2v) is 14.4. The molecule has 0 aromatic heterocycles. The number of ether oxygens (including phenoxy) is 2. The summed E-state index contributed by atoms with van der Waals surface area (Å²) in [7, 11) is -2.15. The number of hydrogen-bond donors (Lipinski definition) is 2. The number of aryl methyl sites for hydroxylation is 1. The van der Waals surface area contributed by atoms with Crippen molar-refractivity contribution in [1.82, 2.24) is 10.2 Å². The highest BCUT2D eigenvalue weighted by Gasteiger charge is 2.44. The van der Waals surface area contributed by atoms with Crippen LogP contribution in [0.2, 0.25) is 0 Å². The van der Waals surface area contributed by atoms with E-state index in [-0.39, 0.29) is 22.7 Å². The Bertz CT molecular complexity index is 1480. The van der Waals surface area contributed by atoms with Crippen molar-refractivity contribution in [1.29, 1.82) is 0 Å². The lowest BCUT2D eigenvalue weighted by molar-refractivity contribution is -0.114. The monoisotopic (exact) mass is 641 g/mol. The minimum Gasteiger partial charge on any atom is -0.493 e. The van der Waals surface area contributed by atoms with Crippen molar-refractivity contribution in [2.45, 2.75) is 77.7 Å². The summed E-state index contributed by atoms with van der Waals surface area (Å²) in [4.78, 5) is 41.0. The van der Waals surface area contributed by atoms with Crippen molar-refractivity contribution in [3.8, 4) is 11.5 Å². The zero-order valence-electron chi connectivity index (χ0n) is 26.9. The van der Waals surface area contributed by atoms with E-state index < -0.39 is 33.4 Å². The molecule has 0 spiro atoms. The number of imide groups is 1. The molecule has 246 valence electrons. The molecule has 0 radical (unpaired) electrons. The van der Waals surface area contributed by atoms with Gasteiger partial charge in [-0.3, -0.25) is 19.3 Å². The summed E-state index contributed by atoms with van der Waals surface area (Å²) in [5, 5.41) is 6.16. The van der Waals surface area contributed by atoms with E-state index in [0.29, 0.717) is 30.1 Å². The molecule has 0 bridgehead atoms. The normalized spacial score (nSPS) is 16.0. The van der Waals surface area contributed by atoms with Gasteiger partial charge in [-0.05, 0) is 87.0 Å². The van der Waals surface area contributed by atoms with Gasteiger partial charge in [0.05, 0.1) is 42.3 Å². The van der Waals surface area contributed by atoms with E-state index in [2.05, 4.69) is 10.6 Å². The van der Waals surface area contributed by atoms with Crippen LogP contribution < -0.4 is 20.1 Å². The fourth-order valence-electron chi connectivity index (χ4n) is 6.40. The highest BCUT2D eigenvalue weighted by atomic mass is 32.2. The molecule has 2 heterocycles. The number of rotatable bonds is 16. The number of benzene rings is 2. The van der Waals surface area contributed by atoms with Crippen molar-refractivity contribution < 1.29 is 32.3 Å². The van der Waals surface area contributed by atoms with E-state index in [1.807, 2.05) is 6.92 Å². The number of carbonyl (C=O) groups excluding carboxylic acids is 3. The van der Waals surface area contributed by atoms with Crippen molar-refractivity contribution in [2.24, 2.45) is 5.92 Å². The van der Waals surface area contributed by atoms with Gasteiger partial charge in [0.1, 0.15) is 9.84 Å². The fraction of sp³-hybridized carbons (Fsp3) is 0.559. The van der Waals surface area contributed by atoms with E-state index >= 15 is 0 Å². The Kier molecular flexibility index (Phi) is 12.0. The van der Waals surface area contributed by atoms with Gasteiger partial charge in [0.25, 0.3) is 11.8 Å². The van der Waals surface area contributed by atoms with E-state index in [4.69, 9.17) is 9.47 Å². The SMILES string of the molecule is CCOc1cc(C(CS(C)(=O)=O)N2C(=O)c3cc(CCCCCCCC4CCNCC4)cc(NC(C)=O)c3C2=O)ccc1OC. The summed E-state index contributed by atoms with van der Waals surface area (Å²) < 4.78 is 36.2. The number of anilines is 1. The van der Waals surface area contributed by atoms with Gasteiger partial charge < -0.3 is 20.1 Å². The van der Waals surface area contributed by atoms with E-state index in [1.165, 1.54) is 46.1 Å². The van der Waals surface area contributed by atoms with Gasteiger partial charge in [-0.25, -0.2) is 8.42 Å². The summed E-state index contributed by atoms with van der Waals surface area (Å²) in [5.41, 5.74) is 1.77. The topological polar surface area (TPSA) is 131 Å². The van der Waals surface area contributed by atoms with Crippen molar-refractivity contribution in [3.05, 3.63) is 52.6 Å². The molecule has 2 aliphatic rings. The van der Waals surface area contributed by atoms with Gasteiger partial charge in [-0.1, -0.05) is 38.2 Å². The molecule has 1 atom stereocenters. The first-order chi connectivity index (χ1) is 21.5. The van der Waals surface area contributed by atoms with Crippen molar-refractivity contribution in [3.63, 3.8) is 0 Å². The lowest BCUT2D eigenvalue weighted by Gasteiger charge is -2.27. The number of methoxy groups -OCH3 is 1. The van der Waals surface area contributed by atoms with Crippen LogP contribution in [0.4, 0.5) is 5.69 Å². The Morgan fingerprint density at radius 2 is 1.73 bits per heavy atom. The zero-order chi connectivity index (χ0) is 32.6. The molecule has 1 unspecified atom stereocenters. The minimum atomic E-state index is -3.64. The van der Waals surface area contributed by atoms with Gasteiger partial charge in [-0.2, -0.15) is 0 Å². The van der Waals surface area contributed by atoms with Gasteiger partial charge in [0.15, 0.2) is 11.5 Å². The smallest absolute Gasteiger partial charge is 0.264 e. The molecule has 45 heavy (non-hydrogen) atoms. The number of unbranched alkanes of at least 4 members (excludes halogenated alkanes) is 4. The quantitative estimate of drug-likeness (QED) is 0.186. The molecule has 2 aromatic rings. The maximum Gasteiger partial charge on any atom is 0.264 e. The maximum atomic E-state index is 13.9. The molecular formula is C34H47N3O7S. The summed E-state index contributed by atoms with van der Waals surface area (Å²) in [6, 6.07) is 7.23. The van der Waals surface area contributed by atoms with Crippen molar-refractivity contribution in [2.75, 3.05) is 44.1 Å². The Labute approximate surface area is 267 Å². The largest absolute Gasteiger partial charge is 0.493 e. The van der Waals surface area contributed by atoms with E-state index in [1.54, 1.807) is 30.3 Å². The van der Waals surface area contributed by atoms with Crippen LogP contribution in [0, 0.1) is 5.92 Å². The second kappa shape index (κ2) is 15.7. The van der Waals surface area contributed by atoms with Crippen LogP contribution >= 0.6 is 0 Å². The first-order valence-electron chi connectivity index (χ1n) is 16.0. The predicted molar refractivity (Wildman–Crippen MR) is 175 cm³/mol. The number of sulfone groups is 1. The molecule has 4 rings (SSSR count). The molecule has 0 aliphatic carbocycles. The Balaban J connectivity index is 1.54. The number of hydrogen-bond acceptors (Lipinski definition) is 8. The minimum absolute atomic E-state index is 0.0777. The third-order valence-electron chi connectivity index (χ3n) is 8.57. The average Bonchev–Trinajstić information content (AvgIpc) is 3.24. The first-order valence-corrected chi connectivity index (χ1v) is 18.1. The maximum absolute atomic E-state index is 13.9. The van der Waals surface area contributed by atoms with Gasteiger partial charge in [0.2, 0.25) is 5.91 Å². The second-order valence-electron chi connectivity index (χ2n) is 12.2. The Morgan fingerprint density at radius 1 is 1.02 bits per heavy atom. The van der Waals surface area contributed by atoms with Crippen LogP contribution in [0.25, 0.3) is 0 Å². The van der Waals surface area contributed by atoms with Crippen LogP contribution in [-0.4, -0.2) is 69.9 Å². The molecule has 2 N–H and O–H groups in total. The predicted octanol–water partition coefficient (Wildman–Crippen LogP) is 5.32.